The number of carbonyl (C=O) groups excluding carboxylic acids is 5. The number of unbranched alkanes of at least 4 members (excludes halogenated alkanes) is 9. The van der Waals surface area contributed by atoms with E-state index in [9.17, 15) is 28.8 Å². The van der Waals surface area contributed by atoms with Crippen LogP contribution in [0.25, 0.3) is 4.85 Å². The van der Waals surface area contributed by atoms with Gasteiger partial charge in [0.25, 0.3) is 0 Å². The first-order valence-corrected chi connectivity index (χ1v) is 40.8. The normalized spacial score (nSPS) is 11.1. The summed E-state index contributed by atoms with van der Waals surface area (Å²) in [5, 5.41) is 34.2. The molecule has 1 atom stereocenters. The predicted octanol–water partition coefficient (Wildman–Crippen LogP) is 8.63. The van der Waals surface area contributed by atoms with Crippen LogP contribution in [0.2, 0.25) is 0 Å². The first-order chi connectivity index (χ1) is 54.1. The number of nitriles is 2. The lowest BCUT2D eigenvalue weighted by molar-refractivity contribution is -0.154. The van der Waals surface area contributed by atoms with Gasteiger partial charge in [-0.15, -0.1) is 0 Å². The molecular formula is C79H150BrN13O20. The number of ether oxygens (including phenoxy) is 13. The number of nitrogens with zero attached hydrogens (tertiary/aromatic N) is 5. The van der Waals surface area contributed by atoms with E-state index in [4.69, 9.17) is 108 Å². The summed E-state index contributed by atoms with van der Waals surface area (Å²) in [6, 6.07) is 13.4. The van der Waals surface area contributed by atoms with Crippen molar-refractivity contribution in [1.82, 2.24) is 25.8 Å². The van der Waals surface area contributed by atoms with Crippen LogP contribution in [0.1, 0.15) is 177 Å². The van der Waals surface area contributed by atoms with Crippen molar-refractivity contribution in [2.75, 3.05) is 216 Å². The third-order valence-corrected chi connectivity index (χ3v) is 14.6. The number of nitrogens with two attached hydrogens (primary N) is 5. The number of nitrogens with one attached hydrogen (secondary N) is 3. The third kappa shape index (κ3) is 102. The number of esters is 2. The summed E-state index contributed by atoms with van der Waals surface area (Å²) in [6.45, 7) is 42.9. The van der Waals surface area contributed by atoms with Crippen LogP contribution in [0, 0.1) is 35.2 Å². The van der Waals surface area contributed by atoms with Crippen LogP contribution < -0.4 is 44.6 Å². The van der Waals surface area contributed by atoms with Crippen molar-refractivity contribution in [3.05, 3.63) is 47.3 Å². The quantitative estimate of drug-likeness (QED) is 0.00968. The maximum Gasteiger partial charge on any atom is 0.407 e. The van der Waals surface area contributed by atoms with Crippen LogP contribution in [0.15, 0.2) is 30.3 Å². The highest BCUT2D eigenvalue weighted by Gasteiger charge is 2.25. The summed E-state index contributed by atoms with van der Waals surface area (Å²) in [4.78, 5) is 76.1. The van der Waals surface area contributed by atoms with Gasteiger partial charge < -0.3 is 126 Å². The Morgan fingerprint density at radius 1 is 0.487 bits per heavy atom. The van der Waals surface area contributed by atoms with Gasteiger partial charge in [-0.1, -0.05) is 59.1 Å². The molecule has 0 saturated heterocycles. The number of hydrogen-bond donors (Lipinski definition) is 9. The lowest BCUT2D eigenvalue weighted by Crippen LogP contribution is -2.34. The molecule has 658 valence electrons. The molecule has 0 aromatic heterocycles. The monoisotopic (exact) mass is 1680 g/mol. The average Bonchev–Trinajstić information content (AvgIpc) is 0.994. The Balaban J connectivity index is -0.000000434. The van der Waals surface area contributed by atoms with Gasteiger partial charge in [-0.2, -0.15) is 10.5 Å². The first kappa shape index (κ1) is 115. The molecule has 0 bridgehead atoms. The second-order valence-corrected chi connectivity index (χ2v) is 28.7. The number of alkyl halides is 1. The minimum atomic E-state index is -1.03. The van der Waals surface area contributed by atoms with E-state index in [2.05, 4.69) is 63.4 Å². The van der Waals surface area contributed by atoms with Gasteiger partial charge in [0.1, 0.15) is 23.4 Å². The van der Waals surface area contributed by atoms with Crippen LogP contribution in [0.3, 0.4) is 0 Å². The van der Waals surface area contributed by atoms with Gasteiger partial charge in [0, 0.05) is 83.4 Å². The Bertz CT molecular complexity index is 2430. The molecule has 0 spiro atoms. The van der Waals surface area contributed by atoms with Gasteiger partial charge >= 0.3 is 36.2 Å². The smallest absolute Gasteiger partial charge is 0.407 e. The zero-order chi connectivity index (χ0) is 85.6. The van der Waals surface area contributed by atoms with Crippen LogP contribution in [-0.4, -0.2) is 284 Å². The Labute approximate surface area is 685 Å². The van der Waals surface area contributed by atoms with Crippen LogP contribution >= 0.6 is 15.9 Å². The molecule has 33 nitrogen and oxygen atoms in total. The molecule has 14 N–H and O–H groups in total. The van der Waals surface area contributed by atoms with Crippen molar-refractivity contribution in [1.29, 1.82) is 10.5 Å². The lowest BCUT2D eigenvalue weighted by Gasteiger charge is -2.22. The molecule has 0 saturated carbocycles. The van der Waals surface area contributed by atoms with Crippen LogP contribution in [-0.2, 0) is 82.6 Å². The van der Waals surface area contributed by atoms with Crippen molar-refractivity contribution >= 4 is 52.1 Å². The Morgan fingerprint density at radius 3 is 1.17 bits per heavy atom. The average molecular weight is 1680 g/mol. The molecule has 34 heteroatoms. The molecule has 1 aromatic rings. The van der Waals surface area contributed by atoms with Crippen LogP contribution in [0.5, 0.6) is 0 Å². The van der Waals surface area contributed by atoms with E-state index in [0.717, 1.165) is 115 Å². The number of carboxylic acid groups (broad SMARTS) is 1. The van der Waals surface area contributed by atoms with E-state index in [1.54, 1.807) is 0 Å². The van der Waals surface area contributed by atoms with E-state index >= 15 is 0 Å². The zero-order valence-electron chi connectivity index (χ0n) is 70.5. The summed E-state index contributed by atoms with van der Waals surface area (Å²) in [7, 11) is 1.20. The fraction of sp³-hybridized carbons (Fsp3) is 0.810. The highest BCUT2D eigenvalue weighted by atomic mass is 79.9. The molecule has 0 fully saturated rings. The van der Waals surface area contributed by atoms with E-state index < -0.39 is 58.9 Å². The third-order valence-electron chi connectivity index (χ3n) is 14.1. The maximum absolute atomic E-state index is 11.7. The number of aliphatic carboxylic acids is 1. The number of carbonyl (C=O) groups is 6. The van der Waals surface area contributed by atoms with E-state index in [1.807, 2.05) is 92.6 Å². The first-order valence-electron chi connectivity index (χ1n) is 39.7. The highest BCUT2D eigenvalue weighted by Crippen LogP contribution is 2.16. The Hall–Kier alpha value is -6.21. The van der Waals surface area contributed by atoms with Gasteiger partial charge in [0.15, 0.2) is 0 Å². The van der Waals surface area contributed by atoms with Gasteiger partial charge in [0.05, 0.1) is 137 Å². The molecule has 0 aliphatic carbocycles. The molecule has 0 aliphatic rings. The summed E-state index contributed by atoms with van der Waals surface area (Å²) < 4.78 is 67.6. The molecule has 113 heavy (non-hydrogen) atoms. The van der Waals surface area contributed by atoms with Crippen molar-refractivity contribution in [3.8, 4) is 12.1 Å². The summed E-state index contributed by atoms with van der Waals surface area (Å²) in [5.74, 6) is -2.98. The fourth-order valence-electron chi connectivity index (χ4n) is 8.66. The van der Waals surface area contributed by atoms with E-state index in [0.29, 0.717) is 164 Å². The number of hydrogen-bond acceptors (Lipinski definition) is 28. The molecule has 0 radical (unpaired) electrons. The zero-order valence-corrected chi connectivity index (χ0v) is 72.1. The summed E-state index contributed by atoms with van der Waals surface area (Å²) in [5.41, 5.74) is 26.1. The number of carboxylic acids is 1. The van der Waals surface area contributed by atoms with Gasteiger partial charge in [-0.05, 0) is 171 Å². The predicted molar refractivity (Wildman–Crippen MR) is 442 cm³/mol. The molecule has 0 aliphatic heterocycles. The van der Waals surface area contributed by atoms with Gasteiger partial charge in [-0.25, -0.2) is 21.0 Å². The number of rotatable bonds is 62. The Kier molecular flexibility index (Phi) is 88.4. The second-order valence-electron chi connectivity index (χ2n) is 27.9. The van der Waals surface area contributed by atoms with Crippen molar-refractivity contribution < 1.29 is 95.5 Å². The largest absolute Gasteiger partial charge is 0.481 e. The van der Waals surface area contributed by atoms with Gasteiger partial charge in [0.2, 0.25) is 6.54 Å². The molecular weight excluding hydrogens is 1530 g/mol. The highest BCUT2D eigenvalue weighted by molar-refractivity contribution is 9.09. The maximum atomic E-state index is 11.7. The Morgan fingerprint density at radius 2 is 0.841 bits per heavy atom. The van der Waals surface area contributed by atoms with E-state index in [1.165, 1.54) is 32.8 Å². The number of alkyl carbamates (subject to hydrolysis) is 3. The van der Waals surface area contributed by atoms with Crippen molar-refractivity contribution in [2.45, 2.75) is 195 Å². The topological polar surface area (TPSA) is 467 Å². The molecule has 1 rings (SSSR count). The SMILES string of the molecule is CC(C)(C)OC(=O)NCCOCCOCCN.CC(C)(C)OC(=O)NCCOCCOCCN(CCCCCN)CCCCCN.COC(=O)[C@H](CCC(=O)O)CC(=O)OCc1ccccc1.N#CCCCCBr.NCCOCCOCCN.[C-]#[N+]CCCCN(CCCCC#N)CCOCCOCCNC(=O)OC(C)(C)C. The van der Waals surface area contributed by atoms with E-state index in [-0.39, 0.29) is 25.9 Å². The number of benzene rings is 1. The fourth-order valence-corrected chi connectivity index (χ4v) is 9.05. The minimum Gasteiger partial charge on any atom is -0.481 e. The lowest BCUT2D eigenvalue weighted by atomic mass is 9.99. The standard InChI is InChI=1S/C21H38N4O4.C21H46N4O4.C15H18O6.C11H24N2O4.C6H16N2O2.C5H8BrN/c1-21(2,3)29-20(26)24-12-16-27-18-19-28-17-15-25(13-8-5-6-10-22)14-9-7-11-23-4;1-21(2,3)29-20(26)24-12-16-27-18-19-28-17-15-25(13-8-4-6-10-22)14-9-5-7-11-23;1-20-15(19)12(7-8-13(16)17)9-14(18)21-10-11-5-3-2-4-6-11;1-11(2,3)17-10(14)13-5-7-16-9-8-15-6-4-12;7-1-3-9-5-6-10-4-2-8;6-4-2-1-3-5-7/h5-9,11-19H2,1-3H3,(H,24,26);4-19,22-23H2,1-3H3,(H,24,26);2-6,12H,7-10H2,1H3,(H,16,17);4-9,12H2,1-3H3,(H,13,14);1-8H2;1-4H2/t;;12-;;;/m..1.../s1. The van der Waals surface area contributed by atoms with Gasteiger partial charge in [-0.3, -0.25) is 14.4 Å². The number of methoxy groups -OCH3 is 1. The summed E-state index contributed by atoms with van der Waals surface area (Å²) >= 11 is 3.27. The molecule has 1 aromatic carbocycles. The van der Waals surface area contributed by atoms with Crippen molar-refractivity contribution in [2.24, 2.45) is 34.6 Å². The number of halogens is 1. The van der Waals surface area contributed by atoms with Crippen molar-refractivity contribution in [3.63, 3.8) is 0 Å². The molecule has 0 unspecified atom stereocenters. The minimum absolute atomic E-state index is 0.0441. The molecule has 0 heterocycles. The molecule has 3 amide bonds. The van der Waals surface area contributed by atoms with Crippen LogP contribution in [0.4, 0.5) is 14.4 Å². The summed E-state index contributed by atoms with van der Waals surface area (Å²) in [6.07, 6.45) is 12.6. The second kappa shape index (κ2) is 86.6. The number of amides is 3.